The zero-order chi connectivity index (χ0) is 21.1. The number of rotatable bonds is 5. The van der Waals surface area contributed by atoms with Crippen molar-refractivity contribution in [3.05, 3.63) is 101 Å². The third kappa shape index (κ3) is 4.15. The molecule has 0 fully saturated rings. The molecule has 1 N–H and O–H groups in total. The van der Waals surface area contributed by atoms with Crippen LogP contribution in [0.25, 0.3) is 10.8 Å². The smallest absolute Gasteiger partial charge is 0.258 e. The third-order valence-corrected chi connectivity index (χ3v) is 5.02. The number of fused-ring (bicyclic) bond motifs is 1. The molecule has 30 heavy (non-hydrogen) atoms. The van der Waals surface area contributed by atoms with E-state index in [1.165, 1.54) is 0 Å². The fraction of sp³-hybridized carbons (Fsp3) is 0.160. The van der Waals surface area contributed by atoms with E-state index in [0.29, 0.717) is 18.5 Å². The van der Waals surface area contributed by atoms with Gasteiger partial charge in [-0.3, -0.25) is 14.8 Å². The summed E-state index contributed by atoms with van der Waals surface area (Å²) in [6.07, 6.45) is 0. The Bertz CT molecular complexity index is 1170. The summed E-state index contributed by atoms with van der Waals surface area (Å²) < 4.78 is 0. The van der Waals surface area contributed by atoms with Gasteiger partial charge in [-0.2, -0.15) is 0 Å². The molecule has 2 aromatic heterocycles. The second kappa shape index (κ2) is 8.33. The molecule has 4 aromatic rings. The Morgan fingerprint density at radius 1 is 0.800 bits per heavy atom. The topological polar surface area (TPSA) is 66.3 Å². The Labute approximate surface area is 175 Å². The van der Waals surface area contributed by atoms with Gasteiger partial charge >= 0.3 is 0 Å². The zero-order valence-electron chi connectivity index (χ0n) is 17.0. The van der Waals surface area contributed by atoms with E-state index < -0.39 is 0 Å². The molecule has 0 saturated heterocycles. The highest BCUT2D eigenvalue weighted by Crippen LogP contribution is 2.30. The number of hydrogen-bond donors (Lipinski definition) is 1. The van der Waals surface area contributed by atoms with Crippen molar-refractivity contribution in [3.63, 3.8) is 0 Å². The van der Waals surface area contributed by atoms with E-state index in [2.05, 4.69) is 9.97 Å². The average Bonchev–Trinajstić information content (AvgIpc) is 2.73. The van der Waals surface area contributed by atoms with Crippen LogP contribution in [-0.2, 0) is 13.1 Å². The maximum atomic E-state index is 13.5. The standard InChI is InChI=1S/C25H23N3O2/c1-17-7-5-10-20(26-17)15-28(16-21-11-6-8-18(2)27-21)25(30)23-14-13-19-9-3-4-12-22(19)24(23)29/h3-14,29H,15-16H2,1-2H3. The normalized spacial score (nSPS) is 10.9. The van der Waals surface area contributed by atoms with Gasteiger partial charge in [0.25, 0.3) is 5.91 Å². The molecule has 2 aromatic carbocycles. The second-order valence-electron chi connectivity index (χ2n) is 7.38. The van der Waals surface area contributed by atoms with Gasteiger partial charge in [0.05, 0.1) is 30.0 Å². The van der Waals surface area contributed by atoms with Crippen LogP contribution in [0, 0.1) is 13.8 Å². The van der Waals surface area contributed by atoms with Crippen molar-refractivity contribution in [1.29, 1.82) is 0 Å². The number of aromatic nitrogens is 2. The first kappa shape index (κ1) is 19.6. The van der Waals surface area contributed by atoms with Crippen LogP contribution < -0.4 is 0 Å². The summed E-state index contributed by atoms with van der Waals surface area (Å²) in [6.45, 7) is 4.49. The van der Waals surface area contributed by atoms with E-state index in [1.807, 2.05) is 80.6 Å². The number of phenols is 1. The van der Waals surface area contributed by atoms with Crippen LogP contribution in [0.2, 0.25) is 0 Å². The van der Waals surface area contributed by atoms with Crippen LogP contribution in [0.15, 0.2) is 72.8 Å². The quantitative estimate of drug-likeness (QED) is 0.526. The molecule has 5 nitrogen and oxygen atoms in total. The van der Waals surface area contributed by atoms with Gasteiger partial charge in [-0.05, 0) is 49.6 Å². The summed E-state index contributed by atoms with van der Waals surface area (Å²) >= 11 is 0. The number of pyridine rings is 2. The van der Waals surface area contributed by atoms with E-state index in [1.54, 1.807) is 11.0 Å². The molecule has 0 unspecified atom stereocenters. The predicted molar refractivity (Wildman–Crippen MR) is 117 cm³/mol. The van der Waals surface area contributed by atoms with Gasteiger partial charge in [-0.1, -0.05) is 42.5 Å². The lowest BCUT2D eigenvalue weighted by Crippen LogP contribution is -2.31. The Hall–Kier alpha value is -3.73. The maximum Gasteiger partial charge on any atom is 0.258 e. The van der Waals surface area contributed by atoms with Crippen molar-refractivity contribution in [2.45, 2.75) is 26.9 Å². The fourth-order valence-corrected chi connectivity index (χ4v) is 3.56. The van der Waals surface area contributed by atoms with Crippen LogP contribution >= 0.6 is 0 Å². The lowest BCUT2D eigenvalue weighted by atomic mass is 10.0. The van der Waals surface area contributed by atoms with Crippen molar-refractivity contribution in [1.82, 2.24) is 14.9 Å². The van der Waals surface area contributed by atoms with Gasteiger partial charge in [-0.15, -0.1) is 0 Å². The molecule has 2 heterocycles. The number of hydrogen-bond acceptors (Lipinski definition) is 4. The number of aromatic hydroxyl groups is 1. The molecular formula is C25H23N3O2. The molecule has 0 bridgehead atoms. The van der Waals surface area contributed by atoms with Crippen molar-refractivity contribution >= 4 is 16.7 Å². The Morgan fingerprint density at radius 3 is 2.00 bits per heavy atom. The number of carbonyl (C=O) groups excluding carboxylic acids is 1. The predicted octanol–water partition coefficient (Wildman–Crippen LogP) is 4.79. The van der Waals surface area contributed by atoms with E-state index >= 15 is 0 Å². The number of phenolic OH excluding ortho intramolecular Hbond substituents is 1. The van der Waals surface area contributed by atoms with Crippen molar-refractivity contribution < 1.29 is 9.90 Å². The monoisotopic (exact) mass is 397 g/mol. The van der Waals surface area contributed by atoms with Crippen LogP contribution in [-0.4, -0.2) is 25.9 Å². The number of carbonyl (C=O) groups is 1. The summed E-state index contributed by atoms with van der Waals surface area (Å²) in [6, 6.07) is 22.5. The Morgan fingerprint density at radius 2 is 1.40 bits per heavy atom. The van der Waals surface area contributed by atoms with Crippen LogP contribution in [0.3, 0.4) is 0 Å². The van der Waals surface area contributed by atoms with Crippen LogP contribution in [0.4, 0.5) is 0 Å². The molecule has 1 amide bonds. The molecule has 0 spiro atoms. The Balaban J connectivity index is 1.72. The molecule has 0 aliphatic heterocycles. The fourth-order valence-electron chi connectivity index (χ4n) is 3.56. The summed E-state index contributed by atoms with van der Waals surface area (Å²) in [5.74, 6) is -0.262. The first-order valence-corrected chi connectivity index (χ1v) is 9.86. The van der Waals surface area contributed by atoms with Gasteiger partial charge in [0.15, 0.2) is 0 Å². The SMILES string of the molecule is Cc1cccc(CN(Cc2cccc(C)n2)C(=O)c2ccc3ccccc3c2O)n1. The minimum Gasteiger partial charge on any atom is -0.506 e. The van der Waals surface area contributed by atoms with E-state index in [9.17, 15) is 9.90 Å². The highest BCUT2D eigenvalue weighted by molar-refractivity contribution is 6.03. The molecular weight excluding hydrogens is 374 g/mol. The maximum absolute atomic E-state index is 13.5. The first-order valence-electron chi connectivity index (χ1n) is 9.86. The molecule has 4 rings (SSSR count). The lowest BCUT2D eigenvalue weighted by molar-refractivity contribution is 0.0722. The largest absolute Gasteiger partial charge is 0.506 e. The number of amides is 1. The average molecular weight is 397 g/mol. The first-order chi connectivity index (χ1) is 14.5. The summed E-state index contributed by atoms with van der Waals surface area (Å²) in [4.78, 5) is 24.3. The summed E-state index contributed by atoms with van der Waals surface area (Å²) in [5.41, 5.74) is 3.63. The minimum atomic E-state index is -0.259. The molecule has 0 aliphatic rings. The zero-order valence-corrected chi connectivity index (χ0v) is 17.0. The van der Waals surface area contributed by atoms with Gasteiger partial charge in [0, 0.05) is 16.8 Å². The molecule has 0 radical (unpaired) electrons. The molecule has 0 atom stereocenters. The van der Waals surface area contributed by atoms with Crippen molar-refractivity contribution in [2.75, 3.05) is 0 Å². The molecule has 0 aliphatic carbocycles. The van der Waals surface area contributed by atoms with Gasteiger partial charge in [-0.25, -0.2) is 0 Å². The van der Waals surface area contributed by atoms with Crippen LogP contribution in [0.1, 0.15) is 33.1 Å². The number of benzene rings is 2. The van der Waals surface area contributed by atoms with Gasteiger partial charge < -0.3 is 10.0 Å². The van der Waals surface area contributed by atoms with Gasteiger partial charge in [0.2, 0.25) is 0 Å². The van der Waals surface area contributed by atoms with Crippen LogP contribution in [0.5, 0.6) is 5.75 Å². The van der Waals surface area contributed by atoms with E-state index in [-0.39, 0.29) is 17.2 Å². The third-order valence-electron chi connectivity index (χ3n) is 5.02. The second-order valence-corrected chi connectivity index (χ2v) is 7.38. The lowest BCUT2D eigenvalue weighted by Gasteiger charge is -2.23. The van der Waals surface area contributed by atoms with E-state index in [4.69, 9.17) is 0 Å². The van der Waals surface area contributed by atoms with Gasteiger partial charge in [0.1, 0.15) is 5.75 Å². The highest BCUT2D eigenvalue weighted by Gasteiger charge is 2.22. The van der Waals surface area contributed by atoms with Crippen molar-refractivity contribution in [3.8, 4) is 5.75 Å². The number of nitrogens with zero attached hydrogens (tertiary/aromatic N) is 3. The highest BCUT2D eigenvalue weighted by atomic mass is 16.3. The summed E-state index contributed by atoms with van der Waals surface area (Å²) in [5, 5.41) is 12.4. The van der Waals surface area contributed by atoms with Crippen molar-refractivity contribution in [2.24, 2.45) is 0 Å². The molecule has 0 saturated carbocycles. The number of aryl methyl sites for hydroxylation is 2. The van der Waals surface area contributed by atoms with E-state index in [0.717, 1.165) is 28.2 Å². The Kier molecular flexibility index (Phi) is 5.44. The molecule has 5 heteroatoms. The minimum absolute atomic E-state index is 0.00231. The summed E-state index contributed by atoms with van der Waals surface area (Å²) in [7, 11) is 0. The molecule has 150 valence electrons.